The fourth-order valence-electron chi connectivity index (χ4n) is 2.62. The molecule has 4 heteroatoms. The van der Waals surface area contributed by atoms with Crippen LogP contribution in [0.3, 0.4) is 0 Å². The number of rotatable bonds is 2. The lowest BCUT2D eigenvalue weighted by Gasteiger charge is -2.30. The van der Waals surface area contributed by atoms with Crippen molar-refractivity contribution in [1.82, 2.24) is 0 Å². The topological polar surface area (TPSA) is 9.23 Å². The lowest BCUT2D eigenvalue weighted by Crippen LogP contribution is -2.17. The quantitative estimate of drug-likeness (QED) is 0.588. The number of alkyl halides is 1. The Hall–Kier alpha value is -0.700. The van der Waals surface area contributed by atoms with Crippen LogP contribution >= 0.6 is 39.1 Å². The van der Waals surface area contributed by atoms with Gasteiger partial charge in [-0.2, -0.15) is 0 Å². The third kappa shape index (κ3) is 2.69. The van der Waals surface area contributed by atoms with Crippen LogP contribution in [0.25, 0.3) is 0 Å². The number of halogens is 3. The maximum atomic E-state index is 6.32. The lowest BCUT2D eigenvalue weighted by atomic mass is 9.87. The fourth-order valence-corrected chi connectivity index (χ4v) is 4.09. The number of benzene rings is 2. The molecule has 1 aliphatic heterocycles. The molecular formula is C16H13BrCl2O. The first-order valence-electron chi connectivity index (χ1n) is 6.47. The summed E-state index contributed by atoms with van der Waals surface area (Å²) in [4.78, 5) is 0.124. The molecule has 1 aliphatic rings. The normalized spacial score (nSPS) is 19.1. The van der Waals surface area contributed by atoms with Gasteiger partial charge in [0.05, 0.1) is 6.61 Å². The van der Waals surface area contributed by atoms with E-state index in [0.717, 1.165) is 29.4 Å². The minimum Gasteiger partial charge on any atom is -0.493 e. The van der Waals surface area contributed by atoms with Crippen molar-refractivity contribution in [2.45, 2.75) is 17.2 Å². The molecule has 0 radical (unpaired) electrons. The smallest absolute Gasteiger partial charge is 0.122 e. The van der Waals surface area contributed by atoms with Crippen molar-refractivity contribution in [3.8, 4) is 5.75 Å². The largest absolute Gasteiger partial charge is 0.493 e. The Balaban J connectivity index is 1.99. The predicted octanol–water partition coefficient (Wildman–Crippen LogP) is 6.00. The molecule has 1 nitrogen and oxygen atoms in total. The van der Waals surface area contributed by atoms with Gasteiger partial charge in [-0.3, -0.25) is 0 Å². The Morgan fingerprint density at radius 3 is 2.80 bits per heavy atom. The first kappa shape index (κ1) is 14.2. The van der Waals surface area contributed by atoms with E-state index in [4.69, 9.17) is 27.9 Å². The molecule has 2 aromatic rings. The molecule has 1 heterocycles. The van der Waals surface area contributed by atoms with Crippen LogP contribution in [-0.2, 0) is 0 Å². The SMILES string of the molecule is Clc1ccc(Cl)c(C(Br)C2CCOc3ccccc32)c1. The van der Waals surface area contributed by atoms with E-state index in [2.05, 4.69) is 22.0 Å². The molecule has 0 bridgehead atoms. The van der Waals surface area contributed by atoms with Gasteiger partial charge in [0, 0.05) is 20.8 Å². The summed E-state index contributed by atoms with van der Waals surface area (Å²) in [5, 5.41) is 1.44. The number of ether oxygens (including phenoxy) is 1. The number of para-hydroxylation sites is 1. The molecule has 0 saturated heterocycles. The van der Waals surface area contributed by atoms with Gasteiger partial charge in [0.15, 0.2) is 0 Å². The molecule has 0 aromatic heterocycles. The number of hydrogen-bond donors (Lipinski definition) is 0. The second-order valence-corrected chi connectivity index (χ2v) is 6.68. The summed E-state index contributed by atoms with van der Waals surface area (Å²) in [5.74, 6) is 1.29. The first-order valence-corrected chi connectivity index (χ1v) is 8.14. The molecule has 20 heavy (non-hydrogen) atoms. The molecule has 104 valence electrons. The average Bonchev–Trinajstić information content (AvgIpc) is 2.48. The summed E-state index contributed by atoms with van der Waals surface area (Å²) in [6.45, 7) is 0.724. The Bertz CT molecular complexity index is 630. The van der Waals surface area contributed by atoms with E-state index in [1.54, 1.807) is 0 Å². The second-order valence-electron chi connectivity index (χ2n) is 4.85. The highest BCUT2D eigenvalue weighted by atomic mass is 79.9. The highest BCUT2D eigenvalue weighted by Gasteiger charge is 2.29. The minimum atomic E-state index is 0.124. The monoisotopic (exact) mass is 370 g/mol. The zero-order valence-electron chi connectivity index (χ0n) is 10.7. The van der Waals surface area contributed by atoms with Crippen molar-refractivity contribution in [2.75, 3.05) is 6.61 Å². The van der Waals surface area contributed by atoms with E-state index in [9.17, 15) is 0 Å². The molecule has 2 atom stereocenters. The zero-order chi connectivity index (χ0) is 14.1. The van der Waals surface area contributed by atoms with E-state index in [1.165, 1.54) is 5.56 Å². The molecule has 0 spiro atoms. The van der Waals surface area contributed by atoms with Crippen LogP contribution in [-0.4, -0.2) is 6.61 Å². The Morgan fingerprint density at radius 1 is 1.15 bits per heavy atom. The summed E-state index contributed by atoms with van der Waals surface area (Å²) in [7, 11) is 0. The van der Waals surface area contributed by atoms with Gasteiger partial charge in [0.2, 0.25) is 0 Å². The van der Waals surface area contributed by atoms with Crippen molar-refractivity contribution in [2.24, 2.45) is 0 Å². The molecule has 0 saturated carbocycles. The van der Waals surface area contributed by atoms with E-state index in [1.807, 2.05) is 36.4 Å². The van der Waals surface area contributed by atoms with Crippen LogP contribution < -0.4 is 4.74 Å². The standard InChI is InChI=1S/C16H13BrCl2O/c17-16(13-9-10(18)5-6-14(13)19)12-7-8-20-15-4-2-1-3-11(12)15/h1-6,9,12,16H,7-8H2. The maximum Gasteiger partial charge on any atom is 0.122 e. The first-order chi connectivity index (χ1) is 9.66. The lowest BCUT2D eigenvalue weighted by molar-refractivity contribution is 0.266. The van der Waals surface area contributed by atoms with E-state index < -0.39 is 0 Å². The fraction of sp³-hybridized carbons (Fsp3) is 0.250. The third-order valence-corrected chi connectivity index (χ3v) is 5.32. The molecule has 2 unspecified atom stereocenters. The van der Waals surface area contributed by atoms with Gasteiger partial charge in [-0.15, -0.1) is 0 Å². The average molecular weight is 372 g/mol. The van der Waals surface area contributed by atoms with Gasteiger partial charge >= 0.3 is 0 Å². The third-order valence-electron chi connectivity index (χ3n) is 3.61. The molecular weight excluding hydrogens is 359 g/mol. The van der Waals surface area contributed by atoms with Crippen molar-refractivity contribution >= 4 is 39.1 Å². The van der Waals surface area contributed by atoms with Crippen LogP contribution in [0.2, 0.25) is 10.0 Å². The van der Waals surface area contributed by atoms with Crippen molar-refractivity contribution in [3.63, 3.8) is 0 Å². The van der Waals surface area contributed by atoms with Crippen LogP contribution in [0.1, 0.15) is 28.3 Å². The molecule has 0 amide bonds. The van der Waals surface area contributed by atoms with Gasteiger partial charge < -0.3 is 4.74 Å². The highest BCUT2D eigenvalue weighted by Crippen LogP contribution is 2.47. The van der Waals surface area contributed by atoms with Crippen LogP contribution in [0.5, 0.6) is 5.75 Å². The highest BCUT2D eigenvalue weighted by molar-refractivity contribution is 9.09. The van der Waals surface area contributed by atoms with Crippen LogP contribution in [0.4, 0.5) is 0 Å². The minimum absolute atomic E-state index is 0.124. The van der Waals surface area contributed by atoms with Crippen molar-refractivity contribution < 1.29 is 4.74 Å². The predicted molar refractivity (Wildman–Crippen MR) is 87.4 cm³/mol. The molecule has 0 N–H and O–H groups in total. The van der Waals surface area contributed by atoms with Gasteiger partial charge in [0.1, 0.15) is 5.75 Å². The number of hydrogen-bond acceptors (Lipinski definition) is 1. The van der Waals surface area contributed by atoms with Gasteiger partial charge in [-0.1, -0.05) is 57.3 Å². The molecule has 2 aromatic carbocycles. The van der Waals surface area contributed by atoms with Gasteiger partial charge in [-0.25, -0.2) is 0 Å². The Kier molecular flexibility index (Phi) is 4.25. The van der Waals surface area contributed by atoms with Gasteiger partial charge in [0.25, 0.3) is 0 Å². The van der Waals surface area contributed by atoms with Crippen molar-refractivity contribution in [3.05, 3.63) is 63.6 Å². The molecule has 0 fully saturated rings. The maximum absolute atomic E-state index is 6.32. The van der Waals surface area contributed by atoms with Gasteiger partial charge in [-0.05, 0) is 41.8 Å². The van der Waals surface area contributed by atoms with Crippen LogP contribution in [0.15, 0.2) is 42.5 Å². The summed E-state index contributed by atoms with van der Waals surface area (Å²) in [6.07, 6.45) is 0.954. The molecule has 3 rings (SSSR count). The Labute approximate surface area is 137 Å². The van der Waals surface area contributed by atoms with E-state index in [0.29, 0.717) is 10.9 Å². The van der Waals surface area contributed by atoms with E-state index >= 15 is 0 Å². The Morgan fingerprint density at radius 2 is 1.95 bits per heavy atom. The van der Waals surface area contributed by atoms with E-state index in [-0.39, 0.29) is 4.83 Å². The summed E-state index contributed by atoms with van der Waals surface area (Å²) in [5.41, 5.74) is 2.25. The second kappa shape index (κ2) is 5.97. The summed E-state index contributed by atoms with van der Waals surface area (Å²) >= 11 is 16.2. The molecule has 0 aliphatic carbocycles. The zero-order valence-corrected chi connectivity index (χ0v) is 13.8. The van der Waals surface area contributed by atoms with Crippen LogP contribution in [0, 0.1) is 0 Å². The van der Waals surface area contributed by atoms with Crippen molar-refractivity contribution in [1.29, 1.82) is 0 Å². The number of fused-ring (bicyclic) bond motifs is 1. The summed E-state index contributed by atoms with van der Waals surface area (Å²) in [6, 6.07) is 13.8. The summed E-state index contributed by atoms with van der Waals surface area (Å²) < 4.78 is 5.71.